The number of piperidine rings is 1. The summed E-state index contributed by atoms with van der Waals surface area (Å²) in [5.41, 5.74) is 0.0995. The smallest absolute Gasteiger partial charge is 0.335 e. The van der Waals surface area contributed by atoms with Gasteiger partial charge in [0.15, 0.2) is 0 Å². The number of aliphatic hydroxyl groups is 1. The minimum Gasteiger partial charge on any atom is -0.478 e. The van der Waals surface area contributed by atoms with E-state index in [4.69, 9.17) is 28.3 Å². The topological polar surface area (TPSA) is 60.8 Å². The maximum atomic E-state index is 10.4. The lowest BCUT2D eigenvalue weighted by molar-refractivity contribution is 0.0503. The molecule has 0 saturated carbocycles. The predicted octanol–water partition coefficient (Wildman–Crippen LogP) is 3.30. The molecule has 0 unspecified atom stereocenters. The van der Waals surface area contributed by atoms with Crippen LogP contribution in [0.5, 0.6) is 0 Å². The van der Waals surface area contributed by atoms with Crippen molar-refractivity contribution in [1.82, 2.24) is 4.90 Å². The normalized spacial score (nSPS) is 27.9. The van der Waals surface area contributed by atoms with Crippen LogP contribution in [0, 0.1) is 0 Å². The molecule has 2 saturated heterocycles. The molecule has 2 aliphatic heterocycles. The number of fused-ring (bicyclic) bond motifs is 2. The van der Waals surface area contributed by atoms with E-state index >= 15 is 0 Å². The van der Waals surface area contributed by atoms with Crippen molar-refractivity contribution in [2.45, 2.75) is 43.9 Å². The van der Waals surface area contributed by atoms with Crippen LogP contribution in [-0.2, 0) is 0 Å². The Morgan fingerprint density at radius 2 is 1.62 bits per heavy atom. The predicted molar refractivity (Wildman–Crippen MR) is 83.2 cm³/mol. The third-order valence-corrected chi connectivity index (χ3v) is 4.62. The van der Waals surface area contributed by atoms with Gasteiger partial charge in [0.25, 0.3) is 0 Å². The molecule has 3 rings (SSSR count). The van der Waals surface area contributed by atoms with Crippen LogP contribution in [0.2, 0.25) is 10.0 Å². The number of carboxylic acid groups (broad SMARTS) is 1. The average Bonchev–Trinajstić information content (AvgIpc) is 2.61. The molecule has 3 atom stereocenters. The van der Waals surface area contributed by atoms with E-state index in [1.807, 2.05) is 0 Å². The molecule has 0 spiro atoms. The number of hydrogen-bond donors (Lipinski definition) is 2. The molecule has 1 aromatic carbocycles. The maximum absolute atomic E-state index is 10.4. The van der Waals surface area contributed by atoms with Gasteiger partial charge < -0.3 is 15.1 Å². The highest BCUT2D eigenvalue weighted by molar-refractivity contribution is 6.35. The quantitative estimate of drug-likeness (QED) is 0.828. The van der Waals surface area contributed by atoms with Crippen LogP contribution in [0.1, 0.15) is 36.0 Å². The Morgan fingerprint density at radius 3 is 2.05 bits per heavy atom. The molecule has 1 aromatic rings. The summed E-state index contributed by atoms with van der Waals surface area (Å²) in [6.45, 7) is 0. The number of aromatic carboxylic acids is 1. The van der Waals surface area contributed by atoms with Crippen molar-refractivity contribution in [3.8, 4) is 0 Å². The van der Waals surface area contributed by atoms with Crippen LogP contribution in [0.25, 0.3) is 0 Å². The van der Waals surface area contributed by atoms with Crippen LogP contribution in [0.4, 0.5) is 0 Å². The third kappa shape index (κ3) is 4.33. The molecule has 0 amide bonds. The van der Waals surface area contributed by atoms with E-state index in [9.17, 15) is 9.90 Å². The van der Waals surface area contributed by atoms with Gasteiger partial charge in [0, 0.05) is 22.1 Å². The molecule has 0 radical (unpaired) electrons. The Hall–Kier alpha value is -0.810. The second kappa shape index (κ2) is 6.97. The van der Waals surface area contributed by atoms with Crippen molar-refractivity contribution in [3.63, 3.8) is 0 Å². The highest BCUT2D eigenvalue weighted by Crippen LogP contribution is 2.33. The van der Waals surface area contributed by atoms with Gasteiger partial charge in [0.05, 0.1) is 11.7 Å². The number of rotatable bonds is 1. The molecule has 6 heteroatoms. The zero-order chi connectivity index (χ0) is 15.6. The van der Waals surface area contributed by atoms with Crippen LogP contribution < -0.4 is 0 Å². The molecule has 2 fully saturated rings. The summed E-state index contributed by atoms with van der Waals surface area (Å²) in [5.74, 6) is -1.03. The van der Waals surface area contributed by atoms with Gasteiger partial charge in [-0.25, -0.2) is 4.79 Å². The Labute approximate surface area is 134 Å². The van der Waals surface area contributed by atoms with Gasteiger partial charge in [-0.3, -0.25) is 0 Å². The molecular weight excluding hydrogens is 313 g/mol. The first-order chi connectivity index (χ1) is 9.86. The van der Waals surface area contributed by atoms with Crippen LogP contribution in [0.15, 0.2) is 18.2 Å². The first-order valence-corrected chi connectivity index (χ1v) is 7.71. The van der Waals surface area contributed by atoms with Crippen LogP contribution >= 0.6 is 23.2 Å². The highest BCUT2D eigenvalue weighted by Gasteiger charge is 2.37. The maximum Gasteiger partial charge on any atom is 0.335 e. The van der Waals surface area contributed by atoms with Gasteiger partial charge in [-0.15, -0.1) is 0 Å². The lowest BCUT2D eigenvalue weighted by Gasteiger charge is -2.33. The van der Waals surface area contributed by atoms with Crippen molar-refractivity contribution in [1.29, 1.82) is 0 Å². The van der Waals surface area contributed by atoms with E-state index < -0.39 is 5.97 Å². The zero-order valence-corrected chi connectivity index (χ0v) is 13.3. The number of nitrogens with zero attached hydrogens (tertiary/aromatic N) is 1. The highest BCUT2D eigenvalue weighted by atomic mass is 35.5. The third-order valence-electron chi connectivity index (χ3n) is 4.18. The number of carbonyl (C=O) groups is 1. The number of hydrogen-bond acceptors (Lipinski definition) is 3. The largest absolute Gasteiger partial charge is 0.478 e. The number of aliphatic hydroxyl groups excluding tert-OH is 1. The Bertz CT molecular complexity index is 489. The van der Waals surface area contributed by atoms with Gasteiger partial charge in [-0.1, -0.05) is 23.2 Å². The fraction of sp³-hybridized carbons (Fsp3) is 0.533. The first kappa shape index (κ1) is 16.6. The Kier molecular flexibility index (Phi) is 5.49. The minimum absolute atomic E-state index is 0.00583. The Balaban J connectivity index is 0.000000154. The van der Waals surface area contributed by atoms with Crippen molar-refractivity contribution in [2.24, 2.45) is 0 Å². The van der Waals surface area contributed by atoms with Crippen molar-refractivity contribution < 1.29 is 15.0 Å². The second-order valence-corrected chi connectivity index (χ2v) is 6.51. The summed E-state index contributed by atoms with van der Waals surface area (Å²) >= 11 is 11.1. The molecule has 116 valence electrons. The van der Waals surface area contributed by atoms with E-state index in [1.54, 1.807) is 0 Å². The molecule has 2 bridgehead atoms. The summed E-state index contributed by atoms with van der Waals surface area (Å²) in [4.78, 5) is 12.8. The average molecular weight is 332 g/mol. The molecule has 4 nitrogen and oxygen atoms in total. The van der Waals surface area contributed by atoms with E-state index in [0.29, 0.717) is 22.1 Å². The summed E-state index contributed by atoms with van der Waals surface area (Å²) < 4.78 is 0. The lowest BCUT2D eigenvalue weighted by atomic mass is 10.0. The molecule has 2 heterocycles. The summed E-state index contributed by atoms with van der Waals surface area (Å²) in [5, 5.41) is 18.6. The first-order valence-electron chi connectivity index (χ1n) is 6.96. The molecule has 2 N–H and O–H groups in total. The molecule has 21 heavy (non-hydrogen) atoms. The van der Waals surface area contributed by atoms with Gasteiger partial charge in [0.1, 0.15) is 0 Å². The molecule has 2 aliphatic rings. The number of carboxylic acids is 1. The van der Waals surface area contributed by atoms with Gasteiger partial charge in [-0.05, 0) is 50.9 Å². The van der Waals surface area contributed by atoms with Crippen molar-refractivity contribution >= 4 is 29.2 Å². The van der Waals surface area contributed by atoms with E-state index in [-0.39, 0.29) is 11.7 Å². The fourth-order valence-corrected chi connectivity index (χ4v) is 3.59. The number of benzene rings is 1. The van der Waals surface area contributed by atoms with Gasteiger partial charge in [0.2, 0.25) is 0 Å². The molecule has 0 aromatic heterocycles. The SMILES string of the molecule is CN1[C@@H]2CC[C@H]1C[C@@H](O)C2.O=C(O)c1cc(Cl)cc(Cl)c1. The number of halogens is 2. The second-order valence-electron chi connectivity index (χ2n) is 5.64. The standard InChI is InChI=1S/C8H15NO.C7H4Cl2O2/c1-9-6-2-3-7(9)5-8(10)4-6;8-5-1-4(7(10)11)2-6(9)3-5/h6-8,10H,2-5H2,1H3;1-3H,(H,10,11)/t6-,7+,8+;. The monoisotopic (exact) mass is 331 g/mol. The van der Waals surface area contributed by atoms with E-state index in [0.717, 1.165) is 12.8 Å². The summed E-state index contributed by atoms with van der Waals surface area (Å²) in [7, 11) is 2.19. The fourth-order valence-electron chi connectivity index (χ4n) is 3.06. The molecule has 0 aliphatic carbocycles. The minimum atomic E-state index is -1.03. The van der Waals surface area contributed by atoms with Crippen molar-refractivity contribution in [3.05, 3.63) is 33.8 Å². The van der Waals surface area contributed by atoms with Crippen LogP contribution in [0.3, 0.4) is 0 Å². The van der Waals surface area contributed by atoms with E-state index in [2.05, 4.69) is 11.9 Å². The molecular formula is C15H19Cl2NO3. The van der Waals surface area contributed by atoms with Gasteiger partial charge >= 0.3 is 5.97 Å². The van der Waals surface area contributed by atoms with Gasteiger partial charge in [-0.2, -0.15) is 0 Å². The summed E-state index contributed by atoms with van der Waals surface area (Å²) in [6, 6.07) is 5.55. The lowest BCUT2D eigenvalue weighted by Crippen LogP contribution is -2.41. The van der Waals surface area contributed by atoms with Crippen LogP contribution in [-0.4, -0.2) is 46.3 Å². The summed E-state index contributed by atoms with van der Waals surface area (Å²) in [6.07, 6.45) is 4.62. The van der Waals surface area contributed by atoms with Crippen molar-refractivity contribution in [2.75, 3.05) is 7.05 Å². The Morgan fingerprint density at radius 1 is 1.14 bits per heavy atom. The van der Waals surface area contributed by atoms with E-state index in [1.165, 1.54) is 31.0 Å². The zero-order valence-electron chi connectivity index (χ0n) is 11.8.